The first-order valence-electron chi connectivity index (χ1n) is 6.06. The summed E-state index contributed by atoms with van der Waals surface area (Å²) in [4.78, 5) is 7.17. The molecule has 1 aliphatic rings. The number of rotatable bonds is 2. The quantitative estimate of drug-likeness (QED) is 0.576. The Kier molecular flexibility index (Phi) is 4.92. The van der Waals surface area contributed by atoms with Crippen molar-refractivity contribution < 1.29 is 14.7 Å². The largest absolute Gasteiger partial charge is 0.634 e. The van der Waals surface area contributed by atoms with Gasteiger partial charge in [0, 0.05) is 18.0 Å². The van der Waals surface area contributed by atoms with E-state index in [0.717, 1.165) is 18.7 Å². The summed E-state index contributed by atoms with van der Waals surface area (Å²) in [5.74, 6) is 0.943. The fraction of sp³-hybridized carbons (Fsp3) is 0.727. The van der Waals surface area contributed by atoms with Crippen LogP contribution in [0.1, 0.15) is 45.9 Å². The van der Waals surface area contributed by atoms with Crippen LogP contribution in [0, 0.1) is 0 Å². The Labute approximate surface area is 108 Å². The van der Waals surface area contributed by atoms with Crippen LogP contribution >= 0.6 is 0 Å². The monoisotopic (exact) mass is 255 g/mol. The molecule has 1 aromatic heterocycles. The van der Waals surface area contributed by atoms with Gasteiger partial charge in [0.15, 0.2) is 0 Å². The van der Waals surface area contributed by atoms with Gasteiger partial charge < -0.3 is 25.4 Å². The molecule has 0 bridgehead atoms. The number of hydrogen-bond acceptors (Lipinski definition) is 5. The van der Waals surface area contributed by atoms with E-state index in [2.05, 4.69) is 14.6 Å². The van der Waals surface area contributed by atoms with E-state index < -0.39 is 12.9 Å². The van der Waals surface area contributed by atoms with Crippen LogP contribution in [-0.2, 0) is 10.2 Å². The standard InChI is InChI=1S/C7H11N3.C4H11BO3/c8-7(2-1-3-7)6-9-4-5-10-6;1-4(2,3)8-5(6)7/h4-5H,1-3,8H2,(H,9,10);6-7H,1-3H3. The van der Waals surface area contributed by atoms with Crippen molar-refractivity contribution in [1.82, 2.24) is 9.97 Å². The molecule has 1 aliphatic carbocycles. The minimum Gasteiger partial charge on any atom is -0.402 e. The molecule has 6 nitrogen and oxygen atoms in total. The first kappa shape index (κ1) is 15.2. The van der Waals surface area contributed by atoms with Crippen LogP contribution in [0.15, 0.2) is 12.4 Å². The second kappa shape index (κ2) is 5.84. The van der Waals surface area contributed by atoms with E-state index in [9.17, 15) is 0 Å². The molecule has 2 rings (SSSR count). The van der Waals surface area contributed by atoms with E-state index in [1.807, 2.05) is 6.20 Å². The highest BCUT2D eigenvalue weighted by Crippen LogP contribution is 2.36. The molecule has 0 amide bonds. The normalized spacial score (nSPS) is 17.4. The molecule has 18 heavy (non-hydrogen) atoms. The van der Waals surface area contributed by atoms with E-state index in [1.165, 1.54) is 6.42 Å². The maximum absolute atomic E-state index is 8.22. The molecule has 0 aromatic carbocycles. The van der Waals surface area contributed by atoms with Gasteiger partial charge in [0.25, 0.3) is 0 Å². The zero-order chi connectivity index (χ0) is 13.8. The minimum absolute atomic E-state index is 0.122. The Morgan fingerprint density at radius 3 is 2.28 bits per heavy atom. The van der Waals surface area contributed by atoms with Gasteiger partial charge in [-0.25, -0.2) is 4.98 Å². The zero-order valence-electron chi connectivity index (χ0n) is 11.2. The van der Waals surface area contributed by atoms with Gasteiger partial charge in [-0.2, -0.15) is 0 Å². The molecule has 0 unspecified atom stereocenters. The van der Waals surface area contributed by atoms with Crippen LogP contribution in [0.3, 0.4) is 0 Å². The van der Waals surface area contributed by atoms with Crippen LogP contribution in [0.5, 0.6) is 0 Å². The third-order valence-electron chi connectivity index (χ3n) is 2.67. The zero-order valence-corrected chi connectivity index (χ0v) is 11.2. The lowest BCUT2D eigenvalue weighted by Crippen LogP contribution is -2.44. The molecule has 5 N–H and O–H groups in total. The number of aromatic amines is 1. The molecule has 0 saturated heterocycles. The topological polar surface area (TPSA) is 104 Å². The number of hydrogen-bond donors (Lipinski definition) is 4. The maximum Gasteiger partial charge on any atom is 0.634 e. The van der Waals surface area contributed by atoms with E-state index >= 15 is 0 Å². The van der Waals surface area contributed by atoms with Crippen LogP contribution < -0.4 is 5.73 Å². The summed E-state index contributed by atoms with van der Waals surface area (Å²) >= 11 is 0. The highest BCUT2D eigenvalue weighted by Gasteiger charge is 2.36. The van der Waals surface area contributed by atoms with Crippen molar-refractivity contribution in [2.75, 3.05) is 0 Å². The second-order valence-corrected chi connectivity index (χ2v) is 5.50. The van der Waals surface area contributed by atoms with Gasteiger partial charge in [-0.3, -0.25) is 0 Å². The van der Waals surface area contributed by atoms with E-state index in [0.29, 0.717) is 0 Å². The molecular formula is C11H22BN3O3. The average Bonchev–Trinajstić information content (AvgIpc) is 2.63. The van der Waals surface area contributed by atoms with Gasteiger partial charge in [0.05, 0.1) is 5.54 Å². The van der Waals surface area contributed by atoms with E-state index in [1.54, 1.807) is 27.0 Å². The van der Waals surface area contributed by atoms with Crippen molar-refractivity contribution >= 4 is 7.32 Å². The fourth-order valence-electron chi connectivity index (χ4n) is 1.65. The summed E-state index contributed by atoms with van der Waals surface area (Å²) in [7, 11) is -1.66. The highest BCUT2D eigenvalue weighted by molar-refractivity contribution is 6.32. The highest BCUT2D eigenvalue weighted by atomic mass is 16.6. The molecular weight excluding hydrogens is 233 g/mol. The minimum atomic E-state index is -1.66. The summed E-state index contributed by atoms with van der Waals surface area (Å²) in [6.07, 6.45) is 6.95. The molecule has 1 fully saturated rings. The van der Waals surface area contributed by atoms with Crippen molar-refractivity contribution in [3.63, 3.8) is 0 Å². The van der Waals surface area contributed by atoms with Crippen LogP contribution in [-0.4, -0.2) is 32.9 Å². The first-order valence-corrected chi connectivity index (χ1v) is 6.06. The molecule has 0 atom stereocenters. The number of nitrogens with one attached hydrogen (secondary N) is 1. The van der Waals surface area contributed by atoms with Crippen LogP contribution in [0.2, 0.25) is 0 Å². The van der Waals surface area contributed by atoms with E-state index in [-0.39, 0.29) is 5.54 Å². The van der Waals surface area contributed by atoms with Crippen molar-refractivity contribution in [1.29, 1.82) is 0 Å². The lowest BCUT2D eigenvalue weighted by atomic mass is 9.77. The van der Waals surface area contributed by atoms with Crippen molar-refractivity contribution in [2.24, 2.45) is 5.73 Å². The van der Waals surface area contributed by atoms with Gasteiger partial charge in [-0.1, -0.05) is 0 Å². The predicted molar refractivity (Wildman–Crippen MR) is 69.3 cm³/mol. The first-order chi connectivity index (χ1) is 8.23. The van der Waals surface area contributed by atoms with Crippen molar-refractivity contribution in [3.8, 4) is 0 Å². The van der Waals surface area contributed by atoms with Gasteiger partial charge in [-0.05, 0) is 40.0 Å². The number of imidazole rings is 1. The molecule has 1 heterocycles. The summed E-state index contributed by atoms with van der Waals surface area (Å²) in [5, 5.41) is 16.4. The summed E-state index contributed by atoms with van der Waals surface area (Å²) in [5.41, 5.74) is 5.38. The molecule has 102 valence electrons. The second-order valence-electron chi connectivity index (χ2n) is 5.50. The van der Waals surface area contributed by atoms with Crippen LogP contribution in [0.25, 0.3) is 0 Å². The Morgan fingerprint density at radius 2 is 2.06 bits per heavy atom. The fourth-order valence-corrected chi connectivity index (χ4v) is 1.65. The number of nitrogens with zero attached hydrogens (tertiary/aromatic N) is 1. The molecule has 0 radical (unpaired) electrons. The Bertz CT molecular complexity index is 345. The summed E-state index contributed by atoms with van der Waals surface area (Å²) in [6, 6.07) is 0. The Morgan fingerprint density at radius 1 is 1.44 bits per heavy atom. The van der Waals surface area contributed by atoms with Gasteiger partial charge in [0.2, 0.25) is 0 Å². The van der Waals surface area contributed by atoms with Crippen molar-refractivity contribution in [2.45, 2.75) is 51.2 Å². The smallest absolute Gasteiger partial charge is 0.402 e. The van der Waals surface area contributed by atoms with Crippen molar-refractivity contribution in [3.05, 3.63) is 18.2 Å². The van der Waals surface area contributed by atoms with E-state index in [4.69, 9.17) is 15.8 Å². The number of H-pyrrole nitrogens is 1. The average molecular weight is 255 g/mol. The van der Waals surface area contributed by atoms with Gasteiger partial charge in [-0.15, -0.1) is 0 Å². The molecule has 0 aliphatic heterocycles. The van der Waals surface area contributed by atoms with Crippen LogP contribution in [0.4, 0.5) is 0 Å². The predicted octanol–water partition coefficient (Wildman–Crippen LogP) is 0.519. The molecule has 1 aromatic rings. The Balaban J connectivity index is 0.000000187. The van der Waals surface area contributed by atoms with Gasteiger partial charge >= 0.3 is 7.32 Å². The lowest BCUT2D eigenvalue weighted by Gasteiger charge is -2.35. The lowest BCUT2D eigenvalue weighted by molar-refractivity contribution is 0.0651. The van der Waals surface area contributed by atoms with Gasteiger partial charge in [0.1, 0.15) is 5.82 Å². The molecule has 1 saturated carbocycles. The maximum atomic E-state index is 8.22. The number of aromatic nitrogens is 2. The summed E-state index contributed by atoms with van der Waals surface area (Å²) < 4.78 is 4.55. The molecule has 0 spiro atoms. The number of nitrogens with two attached hydrogens (primary N) is 1. The SMILES string of the molecule is CC(C)(C)OB(O)O.NC1(c2ncc[nH]2)CCC1. The third-order valence-corrected chi connectivity index (χ3v) is 2.67. The molecule has 7 heteroatoms. The third kappa shape index (κ3) is 4.77. The Hall–Kier alpha value is -0.885. The summed E-state index contributed by atoms with van der Waals surface area (Å²) in [6.45, 7) is 5.23.